The van der Waals surface area contributed by atoms with E-state index in [1.54, 1.807) is 23.7 Å². The van der Waals surface area contributed by atoms with Crippen molar-refractivity contribution in [1.29, 1.82) is 0 Å². The summed E-state index contributed by atoms with van der Waals surface area (Å²) in [7, 11) is 0. The van der Waals surface area contributed by atoms with Gasteiger partial charge in [0.15, 0.2) is 5.82 Å². The third-order valence-corrected chi connectivity index (χ3v) is 4.03. The van der Waals surface area contributed by atoms with Gasteiger partial charge >= 0.3 is 0 Å². The highest BCUT2D eigenvalue weighted by Crippen LogP contribution is 2.30. The molecule has 2 heterocycles. The van der Waals surface area contributed by atoms with Crippen LogP contribution in [-0.2, 0) is 0 Å². The fourth-order valence-corrected chi connectivity index (χ4v) is 3.04. The van der Waals surface area contributed by atoms with Crippen molar-refractivity contribution < 1.29 is 0 Å². The molecule has 0 fully saturated rings. The molecule has 2 aromatic heterocycles. The van der Waals surface area contributed by atoms with Crippen molar-refractivity contribution in [2.24, 2.45) is 5.84 Å². The third-order valence-electron chi connectivity index (χ3n) is 3.05. The first-order valence-corrected chi connectivity index (χ1v) is 6.88. The minimum absolute atomic E-state index is 0.192. The molecule has 0 spiro atoms. The second-order valence-corrected chi connectivity index (χ2v) is 5.32. The van der Waals surface area contributed by atoms with E-state index in [0.29, 0.717) is 5.82 Å². The summed E-state index contributed by atoms with van der Waals surface area (Å²) in [6, 6.07) is 8.10. The summed E-state index contributed by atoms with van der Waals surface area (Å²) in [5.74, 6) is 6.40. The largest absolute Gasteiger partial charge is 0.270 e. The zero-order valence-electron chi connectivity index (χ0n) is 10.5. The number of hydrazine groups is 1. The van der Waals surface area contributed by atoms with Gasteiger partial charge in [0.25, 0.3) is 0 Å². The summed E-state index contributed by atoms with van der Waals surface area (Å²) in [5, 5.41) is 3.30. The Morgan fingerprint density at radius 3 is 2.74 bits per heavy atom. The lowest BCUT2D eigenvalue weighted by atomic mass is 10.0. The topological polar surface area (TPSA) is 63.8 Å². The van der Waals surface area contributed by atoms with Gasteiger partial charge in [0.05, 0.1) is 0 Å². The third kappa shape index (κ3) is 2.23. The average molecular weight is 270 g/mol. The van der Waals surface area contributed by atoms with E-state index in [2.05, 4.69) is 39.0 Å². The highest BCUT2D eigenvalue weighted by Gasteiger charge is 2.18. The lowest BCUT2D eigenvalue weighted by Crippen LogP contribution is -2.30. The van der Waals surface area contributed by atoms with Gasteiger partial charge in [-0.1, -0.05) is 18.2 Å². The molecular weight excluding hydrogens is 256 g/mol. The standard InChI is InChI=1S/C14H14N4S/c1-9-7-16-14(17-8-9)12(18-15)11-4-2-3-10-5-6-19-13(10)11/h2-8,12,18H,15H2,1H3. The Morgan fingerprint density at radius 1 is 1.21 bits per heavy atom. The summed E-state index contributed by atoms with van der Waals surface area (Å²) in [6.07, 6.45) is 3.61. The van der Waals surface area contributed by atoms with Gasteiger partial charge < -0.3 is 0 Å². The zero-order valence-corrected chi connectivity index (χ0v) is 11.3. The van der Waals surface area contributed by atoms with Crippen LogP contribution in [0.15, 0.2) is 42.0 Å². The van der Waals surface area contributed by atoms with Gasteiger partial charge in [-0.3, -0.25) is 5.84 Å². The molecular formula is C14H14N4S. The van der Waals surface area contributed by atoms with Crippen LogP contribution < -0.4 is 11.3 Å². The monoisotopic (exact) mass is 270 g/mol. The van der Waals surface area contributed by atoms with E-state index < -0.39 is 0 Å². The summed E-state index contributed by atoms with van der Waals surface area (Å²) in [6.45, 7) is 1.97. The van der Waals surface area contributed by atoms with Gasteiger partial charge in [-0.15, -0.1) is 11.3 Å². The highest BCUT2D eigenvalue weighted by molar-refractivity contribution is 7.17. The van der Waals surface area contributed by atoms with Crippen LogP contribution >= 0.6 is 11.3 Å². The summed E-state index contributed by atoms with van der Waals surface area (Å²) < 4.78 is 1.22. The molecule has 0 amide bonds. The number of rotatable bonds is 3. The van der Waals surface area contributed by atoms with Crippen molar-refractivity contribution >= 4 is 21.4 Å². The lowest BCUT2D eigenvalue weighted by Gasteiger charge is -2.15. The quantitative estimate of drug-likeness (QED) is 0.567. The molecule has 1 aromatic carbocycles. The predicted octanol–water partition coefficient (Wildman–Crippen LogP) is 2.55. The molecule has 1 unspecified atom stereocenters. The van der Waals surface area contributed by atoms with E-state index in [-0.39, 0.29) is 6.04 Å². The number of nitrogens with one attached hydrogen (secondary N) is 1. The first-order valence-electron chi connectivity index (χ1n) is 6.00. The van der Waals surface area contributed by atoms with Crippen LogP contribution in [-0.4, -0.2) is 9.97 Å². The van der Waals surface area contributed by atoms with E-state index in [4.69, 9.17) is 5.84 Å². The van der Waals surface area contributed by atoms with E-state index in [1.807, 2.05) is 13.0 Å². The maximum atomic E-state index is 5.71. The second-order valence-electron chi connectivity index (χ2n) is 4.40. The Kier molecular flexibility index (Phi) is 3.25. The first-order chi connectivity index (χ1) is 9.29. The number of benzene rings is 1. The van der Waals surface area contributed by atoms with E-state index in [1.165, 1.54) is 10.1 Å². The number of aromatic nitrogens is 2. The van der Waals surface area contributed by atoms with E-state index in [0.717, 1.165) is 11.1 Å². The number of thiophene rings is 1. The number of hydrogen-bond donors (Lipinski definition) is 2. The molecule has 0 bridgehead atoms. The molecule has 0 aliphatic rings. The van der Waals surface area contributed by atoms with Crippen LogP contribution in [0, 0.1) is 6.92 Å². The Morgan fingerprint density at radius 2 is 2.00 bits per heavy atom. The Balaban J connectivity index is 2.11. The molecule has 5 heteroatoms. The second kappa shape index (κ2) is 5.05. The van der Waals surface area contributed by atoms with Crippen LogP contribution in [0.5, 0.6) is 0 Å². The van der Waals surface area contributed by atoms with Crippen molar-refractivity contribution in [3.63, 3.8) is 0 Å². The maximum absolute atomic E-state index is 5.71. The van der Waals surface area contributed by atoms with Crippen LogP contribution in [0.25, 0.3) is 10.1 Å². The van der Waals surface area contributed by atoms with Crippen LogP contribution in [0.2, 0.25) is 0 Å². The van der Waals surface area contributed by atoms with Crippen LogP contribution in [0.4, 0.5) is 0 Å². The molecule has 0 saturated heterocycles. The number of hydrogen-bond acceptors (Lipinski definition) is 5. The van der Waals surface area contributed by atoms with Crippen molar-refractivity contribution in [3.05, 3.63) is 59.0 Å². The van der Waals surface area contributed by atoms with Crippen molar-refractivity contribution in [1.82, 2.24) is 15.4 Å². The Hall–Kier alpha value is -1.82. The molecule has 19 heavy (non-hydrogen) atoms. The van der Waals surface area contributed by atoms with Crippen LogP contribution in [0.1, 0.15) is 23.0 Å². The molecule has 0 aliphatic carbocycles. The number of fused-ring (bicyclic) bond motifs is 1. The highest BCUT2D eigenvalue weighted by atomic mass is 32.1. The molecule has 1 atom stereocenters. The van der Waals surface area contributed by atoms with Crippen molar-refractivity contribution in [2.75, 3.05) is 0 Å². The SMILES string of the molecule is Cc1cnc(C(NN)c2cccc3ccsc23)nc1. The smallest absolute Gasteiger partial charge is 0.150 e. The predicted molar refractivity (Wildman–Crippen MR) is 77.8 cm³/mol. The van der Waals surface area contributed by atoms with Gasteiger partial charge in [0.1, 0.15) is 6.04 Å². The lowest BCUT2D eigenvalue weighted by molar-refractivity contribution is 0.605. The Labute approximate surface area is 115 Å². The fourth-order valence-electron chi connectivity index (χ4n) is 2.10. The molecule has 3 rings (SSSR count). The fraction of sp³-hybridized carbons (Fsp3) is 0.143. The minimum atomic E-state index is -0.192. The maximum Gasteiger partial charge on any atom is 0.150 e. The number of aryl methyl sites for hydroxylation is 1. The number of nitrogens with zero attached hydrogens (tertiary/aromatic N) is 2. The van der Waals surface area contributed by atoms with E-state index in [9.17, 15) is 0 Å². The molecule has 0 radical (unpaired) electrons. The molecule has 3 aromatic rings. The number of nitrogens with two attached hydrogens (primary N) is 1. The normalized spacial score (nSPS) is 12.7. The Bertz CT molecular complexity index is 690. The van der Waals surface area contributed by atoms with Crippen molar-refractivity contribution in [2.45, 2.75) is 13.0 Å². The van der Waals surface area contributed by atoms with Gasteiger partial charge in [-0.2, -0.15) is 0 Å². The molecule has 96 valence electrons. The van der Waals surface area contributed by atoms with Crippen molar-refractivity contribution in [3.8, 4) is 0 Å². The van der Waals surface area contributed by atoms with Gasteiger partial charge in [0.2, 0.25) is 0 Å². The summed E-state index contributed by atoms with van der Waals surface area (Å²) in [5.41, 5.74) is 4.96. The van der Waals surface area contributed by atoms with Gasteiger partial charge in [-0.25, -0.2) is 15.4 Å². The molecule has 0 aliphatic heterocycles. The summed E-state index contributed by atoms with van der Waals surface area (Å²) >= 11 is 1.70. The zero-order chi connectivity index (χ0) is 13.2. The summed E-state index contributed by atoms with van der Waals surface area (Å²) in [4.78, 5) is 8.74. The van der Waals surface area contributed by atoms with E-state index >= 15 is 0 Å². The average Bonchev–Trinajstić information content (AvgIpc) is 2.91. The van der Waals surface area contributed by atoms with Gasteiger partial charge in [0, 0.05) is 17.1 Å². The molecule has 4 nitrogen and oxygen atoms in total. The molecule has 0 saturated carbocycles. The minimum Gasteiger partial charge on any atom is -0.270 e. The molecule has 3 N–H and O–H groups in total. The first kappa shape index (κ1) is 12.2. The van der Waals surface area contributed by atoms with Gasteiger partial charge in [-0.05, 0) is 34.9 Å². The van der Waals surface area contributed by atoms with Crippen LogP contribution in [0.3, 0.4) is 0 Å².